The van der Waals surface area contributed by atoms with Crippen molar-refractivity contribution in [3.05, 3.63) is 0 Å². The van der Waals surface area contributed by atoms with Crippen LogP contribution in [0.3, 0.4) is 0 Å². The summed E-state index contributed by atoms with van der Waals surface area (Å²) in [6.45, 7) is 9.47. The average Bonchev–Trinajstić information content (AvgIpc) is 3.23. The second-order valence-corrected chi connectivity index (χ2v) is 15.4. The summed E-state index contributed by atoms with van der Waals surface area (Å²) in [5.74, 6) is -8.38. The van der Waals surface area contributed by atoms with E-state index in [1.807, 2.05) is 6.92 Å². The van der Waals surface area contributed by atoms with Gasteiger partial charge in [0.05, 0.1) is 13.2 Å². The summed E-state index contributed by atoms with van der Waals surface area (Å²) in [5, 5.41) is 37.6. The van der Waals surface area contributed by atoms with E-state index in [9.17, 15) is 48.6 Å². The molecule has 23 heteroatoms. The molecule has 0 saturated heterocycles. The highest BCUT2D eigenvalue weighted by Crippen LogP contribution is 2.13. The van der Waals surface area contributed by atoms with E-state index in [4.69, 9.17) is 22.9 Å². The van der Waals surface area contributed by atoms with E-state index in [-0.39, 0.29) is 56.5 Å². The molecular formula is C38H72N12O10S. The molecule has 17 N–H and O–H groups in total. The van der Waals surface area contributed by atoms with Crippen LogP contribution in [0, 0.1) is 17.8 Å². The SMILES string of the molecule is CC[C@H](C)[C@H](NC(=O)[C@H](CS)NC(=O)[C@@H](NC(=O)[C@H](CO)NC(=O)[C@H](CCCCN)NC(=O)[C@H](CCCN=C(N)N)NC(=O)[C@@H](NC(=O)CN)[C@@H](C)CC)[C@@H](C)CC)C(=O)O. The van der Waals surface area contributed by atoms with E-state index in [0.29, 0.717) is 32.1 Å². The third-order valence-corrected chi connectivity index (χ3v) is 10.7. The number of aliphatic carboxylic acids is 1. The third kappa shape index (κ3) is 20.6. The van der Waals surface area contributed by atoms with Crippen molar-refractivity contribution in [1.82, 2.24) is 37.2 Å². The van der Waals surface area contributed by atoms with Crippen LogP contribution >= 0.6 is 12.6 Å². The number of hydrogen-bond acceptors (Lipinski definition) is 13. The van der Waals surface area contributed by atoms with Crippen LogP contribution in [0.25, 0.3) is 0 Å². The first kappa shape index (κ1) is 56.3. The topological polar surface area (TPSA) is 378 Å². The minimum Gasteiger partial charge on any atom is -0.480 e. The Morgan fingerprint density at radius 1 is 0.574 bits per heavy atom. The highest BCUT2D eigenvalue weighted by molar-refractivity contribution is 7.80. The van der Waals surface area contributed by atoms with Crippen molar-refractivity contribution >= 4 is 65.9 Å². The van der Waals surface area contributed by atoms with Gasteiger partial charge in [0.1, 0.15) is 42.3 Å². The molecule has 0 aromatic heterocycles. The number of aliphatic hydroxyl groups is 1. The predicted molar refractivity (Wildman–Crippen MR) is 232 cm³/mol. The molecule has 350 valence electrons. The predicted octanol–water partition coefficient (Wildman–Crippen LogP) is -3.33. The minimum absolute atomic E-state index is 0.0119. The highest BCUT2D eigenvalue weighted by Gasteiger charge is 2.36. The Hall–Kier alpha value is -4.74. The molecule has 0 fully saturated rings. The molecule has 10 atom stereocenters. The van der Waals surface area contributed by atoms with E-state index >= 15 is 0 Å². The second-order valence-electron chi connectivity index (χ2n) is 15.1. The van der Waals surface area contributed by atoms with Crippen LogP contribution in [-0.4, -0.2) is 138 Å². The van der Waals surface area contributed by atoms with E-state index in [1.165, 1.54) is 0 Å². The van der Waals surface area contributed by atoms with Crippen molar-refractivity contribution in [2.75, 3.05) is 32.0 Å². The maximum Gasteiger partial charge on any atom is 0.326 e. The van der Waals surface area contributed by atoms with Gasteiger partial charge in [-0.15, -0.1) is 0 Å². The molecule has 61 heavy (non-hydrogen) atoms. The number of thiol groups is 1. The Kier molecular flexibility index (Phi) is 28.0. The lowest BCUT2D eigenvalue weighted by molar-refractivity contribution is -0.143. The minimum atomic E-state index is -1.62. The lowest BCUT2D eigenvalue weighted by Gasteiger charge is -2.29. The van der Waals surface area contributed by atoms with Crippen LogP contribution < -0.4 is 60.2 Å². The van der Waals surface area contributed by atoms with Crippen LogP contribution in [-0.2, 0) is 38.4 Å². The quantitative estimate of drug-likeness (QED) is 0.0140. The number of guanidine groups is 1. The molecule has 0 rings (SSSR count). The Morgan fingerprint density at radius 2 is 0.984 bits per heavy atom. The molecule has 0 aliphatic rings. The summed E-state index contributed by atoms with van der Waals surface area (Å²) in [5.41, 5.74) is 22.0. The molecule has 0 aliphatic carbocycles. The van der Waals surface area contributed by atoms with Gasteiger partial charge < -0.3 is 70.4 Å². The number of amides is 7. The van der Waals surface area contributed by atoms with Gasteiger partial charge in [-0.3, -0.25) is 38.6 Å². The summed E-state index contributed by atoms with van der Waals surface area (Å²) >= 11 is 4.16. The van der Waals surface area contributed by atoms with Gasteiger partial charge in [-0.1, -0.05) is 60.8 Å². The molecule has 0 saturated carbocycles. The number of nitrogens with one attached hydrogen (secondary N) is 7. The lowest BCUT2D eigenvalue weighted by Crippen LogP contribution is -2.62. The molecular weight excluding hydrogens is 817 g/mol. The Bertz CT molecular complexity index is 1470. The maximum atomic E-state index is 13.9. The zero-order valence-electron chi connectivity index (χ0n) is 36.3. The first-order chi connectivity index (χ1) is 28.8. The summed E-state index contributed by atoms with van der Waals surface area (Å²) in [4.78, 5) is 109. The number of carboxylic acids is 1. The van der Waals surface area contributed by atoms with E-state index in [0.717, 1.165) is 0 Å². The van der Waals surface area contributed by atoms with Gasteiger partial charge in [0.15, 0.2) is 5.96 Å². The molecule has 22 nitrogen and oxygen atoms in total. The van der Waals surface area contributed by atoms with Crippen LogP contribution in [0.15, 0.2) is 4.99 Å². The smallest absolute Gasteiger partial charge is 0.326 e. The van der Waals surface area contributed by atoms with E-state index < -0.39 is 108 Å². The molecule has 0 spiro atoms. The fourth-order valence-electron chi connectivity index (χ4n) is 5.82. The van der Waals surface area contributed by atoms with Gasteiger partial charge in [0.25, 0.3) is 0 Å². The van der Waals surface area contributed by atoms with Crippen LogP contribution in [0.4, 0.5) is 0 Å². The second kappa shape index (κ2) is 30.3. The first-order valence-electron chi connectivity index (χ1n) is 20.8. The van der Waals surface area contributed by atoms with Gasteiger partial charge >= 0.3 is 5.97 Å². The molecule has 0 aromatic rings. The zero-order chi connectivity index (χ0) is 46.8. The number of carbonyl (C=O) groups excluding carboxylic acids is 7. The summed E-state index contributed by atoms with van der Waals surface area (Å²) in [6, 6.07) is -8.97. The van der Waals surface area contributed by atoms with Gasteiger partial charge in [-0.05, 0) is 56.4 Å². The number of rotatable bonds is 31. The number of hydrogen-bond donors (Lipinski definition) is 14. The number of nitrogens with zero attached hydrogens (tertiary/aromatic N) is 1. The number of aliphatic imine (C=N–C) groups is 1. The van der Waals surface area contributed by atoms with Gasteiger partial charge in [0.2, 0.25) is 41.4 Å². The Balaban J connectivity index is 6.36. The molecule has 0 aromatic carbocycles. The first-order valence-corrected chi connectivity index (χ1v) is 21.4. The van der Waals surface area contributed by atoms with Gasteiger partial charge in [-0.2, -0.15) is 12.6 Å². The van der Waals surface area contributed by atoms with Crippen LogP contribution in [0.2, 0.25) is 0 Å². The van der Waals surface area contributed by atoms with Crippen molar-refractivity contribution in [2.45, 2.75) is 135 Å². The maximum absolute atomic E-state index is 13.9. The van der Waals surface area contributed by atoms with Crippen molar-refractivity contribution in [3.8, 4) is 0 Å². The average molecular weight is 889 g/mol. The lowest BCUT2D eigenvalue weighted by atomic mass is 9.97. The monoisotopic (exact) mass is 889 g/mol. The number of carboxylic acid groups (broad SMARTS) is 1. The summed E-state index contributed by atoms with van der Waals surface area (Å²) < 4.78 is 0. The molecule has 0 radical (unpaired) electrons. The fourth-order valence-corrected chi connectivity index (χ4v) is 6.07. The zero-order valence-corrected chi connectivity index (χ0v) is 37.2. The third-order valence-electron chi connectivity index (χ3n) is 10.4. The van der Waals surface area contributed by atoms with Gasteiger partial charge in [0, 0.05) is 12.3 Å². The molecule has 0 heterocycles. The largest absolute Gasteiger partial charge is 0.480 e. The van der Waals surface area contributed by atoms with E-state index in [2.05, 4.69) is 54.8 Å². The molecule has 0 aliphatic heterocycles. The number of nitrogens with two attached hydrogens (primary N) is 4. The summed E-state index contributed by atoms with van der Waals surface area (Å²) in [7, 11) is 0. The Labute approximate surface area is 363 Å². The van der Waals surface area contributed by atoms with Crippen molar-refractivity contribution in [2.24, 2.45) is 45.7 Å². The number of carbonyl (C=O) groups is 8. The normalized spacial score (nSPS) is 16.0. The van der Waals surface area contributed by atoms with Crippen molar-refractivity contribution in [3.63, 3.8) is 0 Å². The van der Waals surface area contributed by atoms with Crippen molar-refractivity contribution in [1.29, 1.82) is 0 Å². The molecule has 0 bridgehead atoms. The Morgan fingerprint density at radius 3 is 1.43 bits per heavy atom. The molecule has 7 amide bonds. The van der Waals surface area contributed by atoms with Crippen LogP contribution in [0.5, 0.6) is 0 Å². The fraction of sp³-hybridized carbons (Fsp3) is 0.763. The molecule has 0 unspecified atom stereocenters. The summed E-state index contributed by atoms with van der Waals surface area (Å²) in [6.07, 6.45) is 2.42. The standard InChI is InChI=1S/C38H72N12O10S/c1-7-20(4)28(48-27(52)17-40)35(57)45-24(14-12-16-43-38(41)42)31(53)44-23(13-10-11-15-39)32(54)46-25(18-51)33(55)49-29(21(5)8-2)36(58)47-26(19-61)34(56)50-30(37(59)60)22(6)9-3/h20-26,28-30,51,61H,7-19,39-40H2,1-6H3,(H,44,53)(H,45,57)(H,46,54)(H,47,58)(H,48,52)(H,49,55)(H,50,56)(H,59,60)(H4,41,42,43)/t20-,21-,22-,23-,24-,25-,26-,28-,29-,30-/m0/s1. The highest BCUT2D eigenvalue weighted by atomic mass is 32.1. The number of unbranched alkanes of at least 4 members (excludes halogenated alkanes) is 1. The van der Waals surface area contributed by atoms with Crippen molar-refractivity contribution < 1.29 is 48.6 Å². The van der Waals surface area contributed by atoms with Crippen LogP contribution in [0.1, 0.15) is 92.9 Å². The van der Waals surface area contributed by atoms with E-state index in [1.54, 1.807) is 34.6 Å². The number of aliphatic hydroxyl groups excluding tert-OH is 1. The van der Waals surface area contributed by atoms with Gasteiger partial charge in [-0.25, -0.2) is 4.79 Å².